The van der Waals surface area contributed by atoms with Crippen molar-refractivity contribution in [1.82, 2.24) is 15.0 Å². The predicted molar refractivity (Wildman–Crippen MR) is 125 cm³/mol. The number of aliphatic carboxylic acids is 1. The largest absolute Gasteiger partial charge is 0.481 e. The summed E-state index contributed by atoms with van der Waals surface area (Å²) in [5.41, 5.74) is 5.26. The normalized spacial score (nSPS) is 19.7. The number of pyridine rings is 1. The van der Waals surface area contributed by atoms with E-state index in [0.717, 1.165) is 35.9 Å². The summed E-state index contributed by atoms with van der Waals surface area (Å²) < 4.78 is 6.04. The molecule has 0 spiro atoms. The number of ether oxygens (including phenoxy) is 1. The van der Waals surface area contributed by atoms with Gasteiger partial charge in [0.25, 0.3) is 6.01 Å². The molecule has 2 N–H and O–H groups in total. The summed E-state index contributed by atoms with van der Waals surface area (Å²) in [6.45, 7) is 0. The molecule has 0 saturated heterocycles. The Labute approximate surface area is 191 Å². The molecule has 32 heavy (non-hydrogen) atoms. The van der Waals surface area contributed by atoms with Gasteiger partial charge in [-0.2, -0.15) is 4.98 Å². The second kappa shape index (κ2) is 8.94. The van der Waals surface area contributed by atoms with Gasteiger partial charge in [0.15, 0.2) is 5.65 Å². The van der Waals surface area contributed by atoms with E-state index in [1.54, 1.807) is 0 Å². The Kier molecular flexibility index (Phi) is 5.87. The first-order chi connectivity index (χ1) is 15.6. The number of rotatable bonds is 5. The Morgan fingerprint density at radius 1 is 1.06 bits per heavy atom. The van der Waals surface area contributed by atoms with Crippen LogP contribution in [0.4, 0.5) is 0 Å². The highest BCUT2D eigenvalue weighted by Gasteiger charge is 2.21. The Morgan fingerprint density at radius 2 is 1.81 bits per heavy atom. The van der Waals surface area contributed by atoms with Crippen molar-refractivity contribution < 1.29 is 14.6 Å². The zero-order valence-corrected chi connectivity index (χ0v) is 18.6. The van der Waals surface area contributed by atoms with Crippen molar-refractivity contribution in [2.45, 2.75) is 57.5 Å². The fourth-order valence-corrected chi connectivity index (χ4v) is 4.92. The summed E-state index contributed by atoms with van der Waals surface area (Å²) in [4.78, 5) is 23.6. The molecule has 5 rings (SSSR count). The minimum absolute atomic E-state index is 0.215. The van der Waals surface area contributed by atoms with Crippen LogP contribution in [0.25, 0.3) is 28.0 Å². The lowest BCUT2D eigenvalue weighted by molar-refractivity contribution is -0.141. The van der Waals surface area contributed by atoms with Crippen molar-refractivity contribution in [2.75, 3.05) is 0 Å². The minimum Gasteiger partial charge on any atom is -0.481 e. The lowest BCUT2D eigenvalue weighted by Crippen LogP contribution is -2.20. The standard InChI is InChI=1S/C25H26ClN3O3/c26-20-14-21-23(29-25(27-21)32-19-4-2-1-3-5-19)28-22(20)17-10-6-15(7-11-17)16-8-12-18(13-9-16)24(30)31/h6-8,10-11,14,18-19H,1-5,9,12-13H2,(H,30,31)(H,27,28,29). The molecule has 1 saturated carbocycles. The molecular formula is C25H26ClN3O3. The number of carboxylic acids is 1. The number of nitrogens with one attached hydrogen (secondary N) is 1. The monoisotopic (exact) mass is 451 g/mol. The van der Waals surface area contributed by atoms with E-state index in [2.05, 4.69) is 9.97 Å². The third-order valence-corrected chi connectivity index (χ3v) is 6.81. The van der Waals surface area contributed by atoms with Gasteiger partial charge >= 0.3 is 5.97 Å². The fraction of sp³-hybridized carbons (Fsp3) is 0.400. The fourth-order valence-electron chi connectivity index (χ4n) is 4.66. The third kappa shape index (κ3) is 4.37. The Balaban J connectivity index is 1.36. The van der Waals surface area contributed by atoms with Crippen LogP contribution in [0.15, 0.2) is 36.4 Å². The lowest BCUT2D eigenvalue weighted by Gasteiger charge is -2.21. The van der Waals surface area contributed by atoms with E-state index >= 15 is 0 Å². The van der Waals surface area contributed by atoms with E-state index in [0.29, 0.717) is 35.2 Å². The van der Waals surface area contributed by atoms with E-state index in [1.165, 1.54) is 24.8 Å². The highest BCUT2D eigenvalue weighted by molar-refractivity contribution is 6.33. The molecule has 0 radical (unpaired) electrons. The topological polar surface area (TPSA) is 88.1 Å². The molecular weight excluding hydrogens is 426 g/mol. The van der Waals surface area contributed by atoms with Crippen LogP contribution in [0.1, 0.15) is 56.9 Å². The van der Waals surface area contributed by atoms with Crippen molar-refractivity contribution in [2.24, 2.45) is 5.92 Å². The first-order valence-corrected chi connectivity index (χ1v) is 11.7. The number of carboxylic acid groups (broad SMARTS) is 1. The van der Waals surface area contributed by atoms with Gasteiger partial charge in [0.1, 0.15) is 6.10 Å². The first-order valence-electron chi connectivity index (χ1n) is 11.3. The van der Waals surface area contributed by atoms with Crippen LogP contribution < -0.4 is 4.74 Å². The maximum atomic E-state index is 11.2. The van der Waals surface area contributed by atoms with Crippen LogP contribution in [-0.2, 0) is 4.79 Å². The number of benzene rings is 1. The number of allylic oxidation sites excluding steroid dienone is 2. The summed E-state index contributed by atoms with van der Waals surface area (Å²) in [7, 11) is 0. The predicted octanol–water partition coefficient (Wildman–Crippen LogP) is 6.26. The van der Waals surface area contributed by atoms with Crippen molar-refractivity contribution in [3.05, 3.63) is 47.0 Å². The number of imidazole rings is 1. The number of hydrogen-bond donors (Lipinski definition) is 2. The summed E-state index contributed by atoms with van der Waals surface area (Å²) >= 11 is 6.55. The van der Waals surface area contributed by atoms with Crippen molar-refractivity contribution in [3.63, 3.8) is 0 Å². The molecule has 0 amide bonds. The maximum Gasteiger partial charge on any atom is 0.306 e. The highest BCUT2D eigenvalue weighted by atomic mass is 35.5. The number of halogens is 1. The molecule has 6 nitrogen and oxygen atoms in total. The quantitative estimate of drug-likeness (QED) is 0.478. The van der Waals surface area contributed by atoms with Crippen LogP contribution >= 0.6 is 11.6 Å². The Morgan fingerprint density at radius 3 is 2.50 bits per heavy atom. The number of aromatic amines is 1. The van der Waals surface area contributed by atoms with Gasteiger partial charge in [0, 0.05) is 5.56 Å². The zero-order valence-electron chi connectivity index (χ0n) is 17.8. The van der Waals surface area contributed by atoms with Crippen molar-refractivity contribution in [3.8, 4) is 17.3 Å². The Hall–Kier alpha value is -2.86. The smallest absolute Gasteiger partial charge is 0.306 e. The van der Waals surface area contributed by atoms with Crippen LogP contribution in [0.2, 0.25) is 5.02 Å². The molecule has 1 aromatic carbocycles. The maximum absolute atomic E-state index is 11.2. The molecule has 1 atom stereocenters. The van der Waals surface area contributed by atoms with E-state index in [9.17, 15) is 9.90 Å². The van der Waals surface area contributed by atoms with E-state index in [1.807, 2.05) is 36.4 Å². The summed E-state index contributed by atoms with van der Waals surface area (Å²) in [6.07, 6.45) is 10.1. The number of aromatic nitrogens is 3. The third-order valence-electron chi connectivity index (χ3n) is 6.52. The number of fused-ring (bicyclic) bond motifs is 1. The van der Waals surface area contributed by atoms with Gasteiger partial charge in [-0.25, -0.2) is 4.98 Å². The van der Waals surface area contributed by atoms with Gasteiger partial charge < -0.3 is 14.8 Å². The average molecular weight is 452 g/mol. The van der Waals surface area contributed by atoms with E-state index in [-0.39, 0.29) is 12.0 Å². The van der Waals surface area contributed by atoms with Crippen molar-refractivity contribution >= 4 is 34.3 Å². The molecule has 1 unspecified atom stereocenters. The van der Waals surface area contributed by atoms with E-state index < -0.39 is 5.97 Å². The van der Waals surface area contributed by atoms with Crippen LogP contribution in [0.3, 0.4) is 0 Å². The van der Waals surface area contributed by atoms with Crippen molar-refractivity contribution in [1.29, 1.82) is 0 Å². The average Bonchev–Trinajstić information content (AvgIpc) is 3.20. The molecule has 7 heteroatoms. The van der Waals surface area contributed by atoms with Gasteiger partial charge in [-0.1, -0.05) is 48.4 Å². The second-order valence-corrected chi connectivity index (χ2v) is 9.13. The van der Waals surface area contributed by atoms with Crippen LogP contribution in [0, 0.1) is 5.92 Å². The molecule has 0 bridgehead atoms. The van der Waals surface area contributed by atoms with Gasteiger partial charge in [-0.15, -0.1) is 0 Å². The minimum atomic E-state index is -0.711. The molecule has 1 fully saturated rings. The number of H-pyrrole nitrogens is 1. The van der Waals surface area contributed by atoms with Gasteiger partial charge in [0.05, 0.1) is 22.2 Å². The molecule has 2 heterocycles. The van der Waals surface area contributed by atoms with Crippen LogP contribution in [-0.4, -0.2) is 32.1 Å². The second-order valence-electron chi connectivity index (χ2n) is 8.73. The molecule has 3 aromatic rings. The zero-order chi connectivity index (χ0) is 22.1. The lowest BCUT2D eigenvalue weighted by atomic mass is 9.86. The van der Waals surface area contributed by atoms with Gasteiger partial charge in [-0.3, -0.25) is 4.79 Å². The van der Waals surface area contributed by atoms with E-state index in [4.69, 9.17) is 21.3 Å². The summed E-state index contributed by atoms with van der Waals surface area (Å²) in [5, 5.41) is 9.73. The number of nitrogens with zero attached hydrogens (tertiary/aromatic N) is 2. The van der Waals surface area contributed by atoms with Gasteiger partial charge in [-0.05, 0) is 62.1 Å². The van der Waals surface area contributed by atoms with Gasteiger partial charge in [0.2, 0.25) is 0 Å². The highest BCUT2D eigenvalue weighted by Crippen LogP contribution is 2.34. The summed E-state index contributed by atoms with van der Waals surface area (Å²) in [5.74, 6) is -0.981. The SMILES string of the molecule is O=C(O)C1CC=C(c2ccc(-c3nc4nc(OC5CCCCC5)[nH]c4cc3Cl)cc2)CC1. The summed E-state index contributed by atoms with van der Waals surface area (Å²) in [6, 6.07) is 10.5. The molecule has 2 aromatic heterocycles. The molecule has 2 aliphatic rings. The molecule has 2 aliphatic carbocycles. The molecule has 0 aliphatic heterocycles. The van der Waals surface area contributed by atoms with Crippen LogP contribution in [0.5, 0.6) is 6.01 Å². The number of hydrogen-bond acceptors (Lipinski definition) is 4. The Bertz CT molecular complexity index is 1160. The first kappa shape index (κ1) is 21.0. The molecule has 166 valence electrons. The number of carbonyl (C=O) groups is 1.